The zero-order valence-electron chi connectivity index (χ0n) is 29.1. The summed E-state index contributed by atoms with van der Waals surface area (Å²) < 4.78 is 4.39. The molecule has 4 aromatic heterocycles. The predicted molar refractivity (Wildman–Crippen MR) is 192 cm³/mol. The van der Waals surface area contributed by atoms with E-state index in [2.05, 4.69) is 157 Å². The molecular formula is C41H43N5Pt. The minimum Gasteiger partial charge on any atom is -0.439 e. The maximum Gasteiger partial charge on any atom is 2.00 e. The van der Waals surface area contributed by atoms with Crippen LogP contribution in [-0.4, -0.2) is 19.1 Å². The number of imidazole rings is 1. The van der Waals surface area contributed by atoms with E-state index >= 15 is 0 Å². The van der Waals surface area contributed by atoms with Crippen LogP contribution in [-0.2, 0) is 44.4 Å². The Labute approximate surface area is 292 Å². The first-order valence-corrected chi connectivity index (χ1v) is 16.2. The molecule has 4 heterocycles. The quantitative estimate of drug-likeness (QED) is 0.167. The summed E-state index contributed by atoms with van der Waals surface area (Å²) in [6.07, 6.45) is 0. The molecule has 3 aromatic carbocycles. The Morgan fingerprint density at radius 1 is 0.638 bits per heavy atom. The zero-order chi connectivity index (χ0) is 32.8. The summed E-state index contributed by atoms with van der Waals surface area (Å²) in [6, 6.07) is 31.9. The van der Waals surface area contributed by atoms with E-state index in [0.29, 0.717) is 0 Å². The predicted octanol–water partition coefficient (Wildman–Crippen LogP) is 10.0. The van der Waals surface area contributed by atoms with Gasteiger partial charge in [-0.1, -0.05) is 140 Å². The molecule has 0 N–H and O–H groups in total. The van der Waals surface area contributed by atoms with Gasteiger partial charge in [-0.25, -0.2) is 0 Å². The normalized spacial score (nSPS) is 12.7. The topological polar surface area (TPSA) is 49.7 Å². The molecule has 0 atom stereocenters. The van der Waals surface area contributed by atoms with Crippen molar-refractivity contribution < 1.29 is 21.1 Å². The molecule has 0 fully saturated rings. The second kappa shape index (κ2) is 11.3. The summed E-state index contributed by atoms with van der Waals surface area (Å²) in [6.45, 7) is 20.2. The Kier molecular flexibility index (Phi) is 7.95. The van der Waals surface area contributed by atoms with Gasteiger partial charge in [0.1, 0.15) is 0 Å². The molecule has 7 aromatic rings. The Balaban J connectivity index is 0.00000386. The molecule has 0 aliphatic rings. The third-order valence-corrected chi connectivity index (χ3v) is 9.14. The fraction of sp³-hybridized carbons (Fsp3) is 0.317. The van der Waals surface area contributed by atoms with E-state index in [1.54, 1.807) is 0 Å². The zero-order valence-corrected chi connectivity index (χ0v) is 31.3. The number of hydrogen-bond acceptors (Lipinski definition) is 2. The number of pyridine rings is 1. The number of aryl methyl sites for hydroxylation is 1. The number of hydrogen-bond donors (Lipinski definition) is 0. The van der Waals surface area contributed by atoms with Crippen molar-refractivity contribution in [3.63, 3.8) is 0 Å². The number of rotatable bonds is 3. The molecule has 7 rings (SSSR count). The molecule has 0 aliphatic heterocycles. The largest absolute Gasteiger partial charge is 2.00 e. The molecule has 0 aliphatic carbocycles. The molecule has 0 spiro atoms. The summed E-state index contributed by atoms with van der Waals surface area (Å²) in [7, 11) is 2.08. The van der Waals surface area contributed by atoms with Gasteiger partial charge >= 0.3 is 21.1 Å². The fourth-order valence-corrected chi connectivity index (χ4v) is 6.28. The van der Waals surface area contributed by atoms with E-state index in [9.17, 15) is 0 Å². The summed E-state index contributed by atoms with van der Waals surface area (Å²) in [4.78, 5) is 15.6. The van der Waals surface area contributed by atoms with Crippen LogP contribution < -0.4 is 4.98 Å². The second-order valence-electron chi connectivity index (χ2n) is 15.8. The van der Waals surface area contributed by atoms with E-state index in [-0.39, 0.29) is 37.3 Å². The van der Waals surface area contributed by atoms with Crippen molar-refractivity contribution in [2.45, 2.75) is 78.6 Å². The van der Waals surface area contributed by atoms with Gasteiger partial charge in [0.2, 0.25) is 0 Å². The van der Waals surface area contributed by atoms with Crippen molar-refractivity contribution in [1.29, 1.82) is 0 Å². The van der Waals surface area contributed by atoms with Crippen molar-refractivity contribution >= 4 is 33.0 Å². The SMILES string of the molecule is Cn1c(-c2[c-]c(-c3ccc4c5cc(C(C)(C)C)ccc5n(-c5ccc(C(C)(C)C)[n-]5)c4n3)cc(C(C)(C)C)c2)nc2ccccc21.[Pt+2]. The molecule has 242 valence electrons. The van der Waals surface area contributed by atoms with Crippen LogP contribution in [0.2, 0.25) is 0 Å². The standard InChI is InChI=1S/C41H43N5.Pt/c1-39(2,3)27-15-18-33-30(24-27)29-16-17-31(42-38(29)46(33)36-20-19-35(44-36)41(7,8)9)25-21-26(23-28(22-25)40(4,5)6)37-43-32-13-11-12-14-34(32)45(37)10;/h11-20,22-24H,1-10H3;/q-2;+2. The van der Waals surface area contributed by atoms with Gasteiger partial charge in [-0.2, -0.15) is 0 Å². The minimum atomic E-state index is -0.0753. The molecule has 0 saturated carbocycles. The van der Waals surface area contributed by atoms with Gasteiger partial charge in [-0.15, -0.1) is 23.8 Å². The van der Waals surface area contributed by atoms with Crippen molar-refractivity contribution in [3.8, 4) is 28.5 Å². The summed E-state index contributed by atoms with van der Waals surface area (Å²) in [5.74, 6) is 1.79. The van der Waals surface area contributed by atoms with Crippen LogP contribution in [0.15, 0.2) is 78.9 Å². The molecule has 0 radical (unpaired) electrons. The maximum atomic E-state index is 5.41. The van der Waals surface area contributed by atoms with Gasteiger partial charge in [0.05, 0.1) is 22.5 Å². The first kappa shape index (κ1) is 33.0. The van der Waals surface area contributed by atoms with Gasteiger partial charge in [0.25, 0.3) is 0 Å². The Hall–Kier alpha value is -3.95. The van der Waals surface area contributed by atoms with Crippen LogP contribution in [0.5, 0.6) is 0 Å². The van der Waals surface area contributed by atoms with Gasteiger partial charge in [0, 0.05) is 18.1 Å². The summed E-state index contributed by atoms with van der Waals surface area (Å²) in [5.41, 5.74) is 10.4. The molecule has 5 nitrogen and oxygen atoms in total. The van der Waals surface area contributed by atoms with E-state index in [4.69, 9.17) is 15.0 Å². The van der Waals surface area contributed by atoms with Crippen molar-refractivity contribution in [2.24, 2.45) is 7.05 Å². The van der Waals surface area contributed by atoms with Gasteiger partial charge in [-0.3, -0.25) is 9.97 Å². The first-order chi connectivity index (χ1) is 21.6. The van der Waals surface area contributed by atoms with E-state index in [1.165, 1.54) is 16.5 Å². The van der Waals surface area contributed by atoms with Crippen LogP contribution in [0, 0.1) is 6.07 Å². The average molecular weight is 801 g/mol. The van der Waals surface area contributed by atoms with Crippen LogP contribution in [0.4, 0.5) is 0 Å². The summed E-state index contributed by atoms with van der Waals surface area (Å²) in [5, 5.41) is 2.31. The van der Waals surface area contributed by atoms with Crippen LogP contribution >= 0.6 is 0 Å². The number of para-hydroxylation sites is 2. The minimum absolute atomic E-state index is 0. The van der Waals surface area contributed by atoms with Crippen molar-refractivity contribution in [3.05, 3.63) is 102 Å². The molecular weight excluding hydrogens is 758 g/mol. The third kappa shape index (κ3) is 5.78. The molecule has 47 heavy (non-hydrogen) atoms. The Morgan fingerprint density at radius 3 is 2.00 bits per heavy atom. The third-order valence-electron chi connectivity index (χ3n) is 9.14. The number of aromatic nitrogens is 5. The second-order valence-corrected chi connectivity index (χ2v) is 15.8. The smallest absolute Gasteiger partial charge is 0.439 e. The number of fused-ring (bicyclic) bond motifs is 4. The van der Waals surface area contributed by atoms with Crippen LogP contribution in [0.25, 0.3) is 61.4 Å². The first-order valence-electron chi connectivity index (χ1n) is 16.2. The fourth-order valence-electron chi connectivity index (χ4n) is 6.28. The number of nitrogens with zero attached hydrogens (tertiary/aromatic N) is 5. The van der Waals surface area contributed by atoms with Crippen LogP contribution in [0.1, 0.15) is 79.1 Å². The van der Waals surface area contributed by atoms with Crippen LogP contribution in [0.3, 0.4) is 0 Å². The van der Waals surface area contributed by atoms with E-state index < -0.39 is 0 Å². The average Bonchev–Trinajstić information content (AvgIpc) is 3.70. The number of benzene rings is 3. The molecule has 0 bridgehead atoms. The van der Waals surface area contributed by atoms with Gasteiger partial charge in [0.15, 0.2) is 0 Å². The molecule has 0 unspecified atom stereocenters. The molecule has 6 heteroatoms. The van der Waals surface area contributed by atoms with E-state index in [1.807, 2.05) is 6.07 Å². The molecule has 0 saturated heterocycles. The van der Waals surface area contributed by atoms with Gasteiger partial charge < -0.3 is 14.1 Å². The van der Waals surface area contributed by atoms with Crippen molar-refractivity contribution in [2.75, 3.05) is 0 Å². The monoisotopic (exact) mass is 800 g/mol. The Morgan fingerprint density at radius 2 is 1.34 bits per heavy atom. The van der Waals surface area contributed by atoms with E-state index in [0.717, 1.165) is 61.7 Å². The maximum absolute atomic E-state index is 5.41. The Bertz CT molecular complexity index is 2280. The molecule has 0 amide bonds. The van der Waals surface area contributed by atoms with Gasteiger partial charge in [-0.05, 0) is 44.8 Å². The van der Waals surface area contributed by atoms with Crippen molar-refractivity contribution in [1.82, 2.24) is 24.1 Å². The summed E-state index contributed by atoms with van der Waals surface area (Å²) >= 11 is 0.